The molecule has 0 aliphatic heterocycles. The van der Waals surface area contributed by atoms with Crippen molar-refractivity contribution in [1.82, 2.24) is 0 Å². The van der Waals surface area contributed by atoms with Crippen LogP contribution in [0, 0.1) is 23.7 Å². The first-order chi connectivity index (χ1) is 12.7. The van der Waals surface area contributed by atoms with Crippen LogP contribution >= 0.6 is 0 Å². The number of ether oxygens (including phenoxy) is 3. The molecule has 3 heteroatoms. The van der Waals surface area contributed by atoms with Crippen molar-refractivity contribution in [2.24, 2.45) is 23.7 Å². The quantitative estimate of drug-likeness (QED) is 0.555. The van der Waals surface area contributed by atoms with Gasteiger partial charge < -0.3 is 14.2 Å². The molecule has 3 rings (SSSR count). The van der Waals surface area contributed by atoms with E-state index in [2.05, 4.69) is 6.92 Å². The van der Waals surface area contributed by atoms with Crippen LogP contribution in [-0.2, 0) is 4.74 Å². The largest absolute Gasteiger partial charge is 0.493 e. The van der Waals surface area contributed by atoms with E-state index in [4.69, 9.17) is 14.2 Å². The van der Waals surface area contributed by atoms with Gasteiger partial charge in [-0.05, 0) is 86.5 Å². The van der Waals surface area contributed by atoms with Crippen molar-refractivity contribution in [3.05, 3.63) is 24.3 Å². The van der Waals surface area contributed by atoms with Crippen LogP contribution < -0.4 is 9.47 Å². The predicted octanol–water partition coefficient (Wildman–Crippen LogP) is 5.72. The molecule has 0 bridgehead atoms. The number of hydrogen-bond acceptors (Lipinski definition) is 3. The number of benzene rings is 1. The molecule has 146 valence electrons. The van der Waals surface area contributed by atoms with E-state index in [1.165, 1.54) is 51.4 Å². The Bertz CT molecular complexity index is 497. The zero-order valence-electron chi connectivity index (χ0n) is 16.6. The molecule has 2 fully saturated rings. The van der Waals surface area contributed by atoms with E-state index < -0.39 is 0 Å². The van der Waals surface area contributed by atoms with Gasteiger partial charge in [0.25, 0.3) is 0 Å². The second-order valence-corrected chi connectivity index (χ2v) is 8.42. The molecular formula is C23H36O3. The summed E-state index contributed by atoms with van der Waals surface area (Å²) in [5, 5.41) is 0. The van der Waals surface area contributed by atoms with Crippen molar-refractivity contribution >= 4 is 0 Å². The van der Waals surface area contributed by atoms with Crippen molar-refractivity contribution in [2.75, 3.05) is 26.9 Å². The molecule has 2 saturated carbocycles. The molecule has 2 aliphatic carbocycles. The molecule has 0 spiro atoms. The average Bonchev–Trinajstić information content (AvgIpc) is 2.69. The van der Waals surface area contributed by atoms with Gasteiger partial charge in [0.05, 0.1) is 13.2 Å². The Morgan fingerprint density at radius 3 is 1.85 bits per heavy atom. The summed E-state index contributed by atoms with van der Waals surface area (Å²) in [4.78, 5) is 0. The highest BCUT2D eigenvalue weighted by molar-refractivity contribution is 5.31. The Morgan fingerprint density at radius 2 is 1.27 bits per heavy atom. The third-order valence-electron chi connectivity index (χ3n) is 6.48. The minimum atomic E-state index is 0.583. The van der Waals surface area contributed by atoms with Gasteiger partial charge in [0.1, 0.15) is 18.1 Å². The zero-order valence-corrected chi connectivity index (χ0v) is 16.6. The normalized spacial score (nSPS) is 29.3. The molecule has 0 radical (unpaired) electrons. The fourth-order valence-corrected chi connectivity index (χ4v) is 4.67. The van der Waals surface area contributed by atoms with Crippen molar-refractivity contribution in [2.45, 2.75) is 58.3 Å². The summed E-state index contributed by atoms with van der Waals surface area (Å²) >= 11 is 0. The molecule has 3 nitrogen and oxygen atoms in total. The minimum Gasteiger partial charge on any atom is -0.493 e. The molecule has 0 atom stereocenters. The summed E-state index contributed by atoms with van der Waals surface area (Å²) in [5.41, 5.74) is 0. The highest BCUT2D eigenvalue weighted by atomic mass is 16.5. The van der Waals surface area contributed by atoms with Gasteiger partial charge >= 0.3 is 0 Å². The smallest absolute Gasteiger partial charge is 0.119 e. The molecule has 0 aromatic heterocycles. The van der Waals surface area contributed by atoms with Crippen LogP contribution in [0.5, 0.6) is 11.5 Å². The zero-order chi connectivity index (χ0) is 18.2. The van der Waals surface area contributed by atoms with E-state index in [0.717, 1.165) is 41.8 Å². The second kappa shape index (κ2) is 10.2. The van der Waals surface area contributed by atoms with Crippen molar-refractivity contribution in [3.63, 3.8) is 0 Å². The van der Waals surface area contributed by atoms with Gasteiger partial charge in [0.2, 0.25) is 0 Å². The lowest BCUT2D eigenvalue weighted by molar-refractivity contribution is 0.126. The molecule has 2 aliphatic rings. The van der Waals surface area contributed by atoms with Gasteiger partial charge in [-0.15, -0.1) is 0 Å². The van der Waals surface area contributed by atoms with E-state index in [1.54, 1.807) is 7.11 Å². The Balaban J connectivity index is 1.34. The van der Waals surface area contributed by atoms with E-state index in [-0.39, 0.29) is 0 Å². The Hall–Kier alpha value is -1.22. The van der Waals surface area contributed by atoms with Crippen LogP contribution in [0.1, 0.15) is 58.3 Å². The van der Waals surface area contributed by atoms with Crippen molar-refractivity contribution in [1.29, 1.82) is 0 Å². The van der Waals surface area contributed by atoms with E-state index in [9.17, 15) is 0 Å². The second-order valence-electron chi connectivity index (χ2n) is 8.42. The molecule has 0 amide bonds. The third kappa shape index (κ3) is 5.90. The topological polar surface area (TPSA) is 27.7 Å². The highest BCUT2D eigenvalue weighted by Gasteiger charge is 2.30. The van der Waals surface area contributed by atoms with Crippen LogP contribution in [-0.4, -0.2) is 26.9 Å². The fourth-order valence-electron chi connectivity index (χ4n) is 4.67. The maximum atomic E-state index is 6.04. The molecule has 0 heterocycles. The molecule has 0 saturated heterocycles. The Labute approximate surface area is 159 Å². The molecule has 0 unspecified atom stereocenters. The van der Waals surface area contributed by atoms with Gasteiger partial charge in [-0.2, -0.15) is 0 Å². The molecule has 1 aromatic carbocycles. The van der Waals surface area contributed by atoms with E-state index in [0.29, 0.717) is 13.2 Å². The third-order valence-corrected chi connectivity index (χ3v) is 6.48. The Kier molecular flexibility index (Phi) is 7.67. The molecule has 1 aromatic rings. The summed E-state index contributed by atoms with van der Waals surface area (Å²) < 4.78 is 16.6. The van der Waals surface area contributed by atoms with Crippen LogP contribution in [0.3, 0.4) is 0 Å². The summed E-state index contributed by atoms with van der Waals surface area (Å²) in [7, 11) is 1.68. The van der Waals surface area contributed by atoms with Gasteiger partial charge in [0, 0.05) is 7.11 Å². The lowest BCUT2D eigenvalue weighted by atomic mass is 9.69. The van der Waals surface area contributed by atoms with Crippen LogP contribution in [0.25, 0.3) is 0 Å². The van der Waals surface area contributed by atoms with Crippen LogP contribution in [0.15, 0.2) is 24.3 Å². The standard InChI is InChI=1S/C23H36O3/c1-18-3-7-20(8-4-18)21-9-5-19(6-10-21)17-26-23-13-11-22(12-14-23)25-16-15-24-2/h11-14,18-21H,3-10,15-17H2,1-2H3. The summed E-state index contributed by atoms with van der Waals surface area (Å²) in [5.74, 6) is 5.52. The SMILES string of the molecule is COCCOc1ccc(OCC2CCC(C3CCC(C)CC3)CC2)cc1. The lowest BCUT2D eigenvalue weighted by Gasteiger charge is -2.37. The monoisotopic (exact) mass is 360 g/mol. The van der Waals surface area contributed by atoms with Crippen LogP contribution in [0.4, 0.5) is 0 Å². The van der Waals surface area contributed by atoms with E-state index in [1.807, 2.05) is 24.3 Å². The first-order valence-electron chi connectivity index (χ1n) is 10.6. The maximum Gasteiger partial charge on any atom is 0.119 e. The van der Waals surface area contributed by atoms with Crippen LogP contribution in [0.2, 0.25) is 0 Å². The lowest BCUT2D eigenvalue weighted by Crippen LogP contribution is -2.27. The van der Waals surface area contributed by atoms with Crippen molar-refractivity contribution in [3.8, 4) is 11.5 Å². The summed E-state index contributed by atoms with van der Waals surface area (Å²) in [6, 6.07) is 7.98. The first kappa shape index (κ1) is 19.5. The number of rotatable bonds is 8. The first-order valence-corrected chi connectivity index (χ1v) is 10.6. The predicted molar refractivity (Wildman–Crippen MR) is 106 cm³/mol. The van der Waals surface area contributed by atoms with E-state index >= 15 is 0 Å². The molecule has 26 heavy (non-hydrogen) atoms. The average molecular weight is 361 g/mol. The number of hydrogen-bond donors (Lipinski definition) is 0. The minimum absolute atomic E-state index is 0.583. The highest BCUT2D eigenvalue weighted by Crippen LogP contribution is 2.41. The molecular weight excluding hydrogens is 324 g/mol. The van der Waals surface area contributed by atoms with Gasteiger partial charge in [0.15, 0.2) is 0 Å². The van der Waals surface area contributed by atoms with Gasteiger partial charge in [-0.25, -0.2) is 0 Å². The summed E-state index contributed by atoms with van der Waals surface area (Å²) in [6.07, 6.45) is 11.4. The summed E-state index contributed by atoms with van der Waals surface area (Å²) in [6.45, 7) is 4.47. The fraction of sp³-hybridized carbons (Fsp3) is 0.739. The van der Waals surface area contributed by atoms with Gasteiger partial charge in [-0.1, -0.05) is 19.8 Å². The number of methoxy groups -OCH3 is 1. The molecule has 0 N–H and O–H groups in total. The maximum absolute atomic E-state index is 6.04. The van der Waals surface area contributed by atoms with Gasteiger partial charge in [-0.3, -0.25) is 0 Å². The Morgan fingerprint density at radius 1 is 0.731 bits per heavy atom. The van der Waals surface area contributed by atoms with Crippen molar-refractivity contribution < 1.29 is 14.2 Å².